The van der Waals surface area contributed by atoms with E-state index < -0.39 is 0 Å². The van der Waals surface area contributed by atoms with E-state index in [1.165, 1.54) is 12.1 Å². The molecule has 2 aromatic rings. The number of carbonyl (C=O) groups excluding carboxylic acids is 2. The molecule has 2 heterocycles. The summed E-state index contributed by atoms with van der Waals surface area (Å²) in [5.74, 6) is -0.550. The van der Waals surface area contributed by atoms with Crippen molar-refractivity contribution in [3.63, 3.8) is 0 Å². The number of amides is 2. The Balaban J connectivity index is 1.26. The first-order valence-electron chi connectivity index (χ1n) is 10.8. The summed E-state index contributed by atoms with van der Waals surface area (Å²) in [6.45, 7) is 0.367. The maximum atomic E-state index is 13.1. The number of hydrogen-bond donors (Lipinski definition) is 4. The molecule has 3 aliphatic rings. The molecule has 162 valence electrons. The maximum absolute atomic E-state index is 13.1. The first kappa shape index (κ1) is 20.1. The quantitative estimate of drug-likeness (QED) is 0.602. The van der Waals surface area contributed by atoms with Gasteiger partial charge in [0.25, 0.3) is 0 Å². The highest BCUT2D eigenvalue weighted by molar-refractivity contribution is 5.83. The minimum absolute atomic E-state index is 0.0166. The molecule has 5 rings (SSSR count). The first-order valence-corrected chi connectivity index (χ1v) is 10.8. The van der Waals surface area contributed by atoms with Gasteiger partial charge in [-0.3, -0.25) is 9.59 Å². The third-order valence-electron chi connectivity index (χ3n) is 6.67. The summed E-state index contributed by atoms with van der Waals surface area (Å²) in [7, 11) is 0. The van der Waals surface area contributed by atoms with Gasteiger partial charge in [0.2, 0.25) is 11.8 Å². The minimum atomic E-state index is -0.293. The van der Waals surface area contributed by atoms with Crippen LogP contribution in [0, 0.1) is 17.7 Å². The van der Waals surface area contributed by atoms with E-state index in [0.29, 0.717) is 25.8 Å². The molecule has 0 bridgehead atoms. The largest absolute Gasteiger partial charge is 0.352 e. The van der Waals surface area contributed by atoms with Crippen LogP contribution in [0.15, 0.2) is 54.6 Å². The van der Waals surface area contributed by atoms with Gasteiger partial charge in [-0.1, -0.05) is 42.5 Å². The summed E-state index contributed by atoms with van der Waals surface area (Å²) in [6.07, 6.45) is 1.75. The van der Waals surface area contributed by atoms with Gasteiger partial charge in [0.05, 0.1) is 12.0 Å². The van der Waals surface area contributed by atoms with Crippen LogP contribution in [0.2, 0.25) is 0 Å². The van der Waals surface area contributed by atoms with Crippen LogP contribution in [0.4, 0.5) is 4.39 Å². The molecule has 2 aliphatic heterocycles. The van der Waals surface area contributed by atoms with Gasteiger partial charge in [-0.2, -0.15) is 5.53 Å². The Morgan fingerprint density at radius 1 is 1.10 bits per heavy atom. The second kappa shape index (κ2) is 8.37. The van der Waals surface area contributed by atoms with Crippen LogP contribution in [0.3, 0.4) is 0 Å². The lowest BCUT2D eigenvalue weighted by Crippen LogP contribution is -2.65. The molecule has 5 atom stereocenters. The van der Waals surface area contributed by atoms with Gasteiger partial charge in [0, 0.05) is 18.5 Å². The fraction of sp³-hybridized carbons (Fsp3) is 0.391. The highest BCUT2D eigenvalue weighted by Crippen LogP contribution is 2.38. The lowest BCUT2D eigenvalue weighted by atomic mass is 9.75. The van der Waals surface area contributed by atoms with Crippen LogP contribution >= 0.6 is 0 Å². The number of benzene rings is 2. The van der Waals surface area contributed by atoms with Crippen LogP contribution in [0.5, 0.6) is 0 Å². The van der Waals surface area contributed by atoms with Crippen molar-refractivity contribution >= 4 is 11.8 Å². The molecule has 2 aromatic carbocycles. The second-order valence-electron chi connectivity index (χ2n) is 8.53. The Labute approximate surface area is 180 Å². The fourth-order valence-electron chi connectivity index (χ4n) is 5.01. The number of nitrogens with zero attached hydrogens (tertiary/aromatic N) is 1. The van der Waals surface area contributed by atoms with Crippen molar-refractivity contribution in [3.8, 4) is 0 Å². The molecular formula is C23H26FN5O2. The summed E-state index contributed by atoms with van der Waals surface area (Å²) >= 11 is 0. The summed E-state index contributed by atoms with van der Waals surface area (Å²) in [6, 6.07) is 16.0. The van der Waals surface area contributed by atoms with Crippen LogP contribution in [0.1, 0.15) is 36.4 Å². The number of rotatable bonds is 4. The minimum Gasteiger partial charge on any atom is -0.352 e. The van der Waals surface area contributed by atoms with Gasteiger partial charge in [-0.15, -0.1) is 0 Å². The molecule has 5 unspecified atom stereocenters. The van der Waals surface area contributed by atoms with E-state index in [2.05, 4.69) is 26.6 Å². The van der Waals surface area contributed by atoms with Gasteiger partial charge in [-0.25, -0.2) is 14.8 Å². The van der Waals surface area contributed by atoms with Crippen molar-refractivity contribution < 1.29 is 14.0 Å². The van der Waals surface area contributed by atoms with E-state index in [0.717, 1.165) is 11.1 Å². The van der Waals surface area contributed by atoms with Gasteiger partial charge in [0.1, 0.15) is 12.0 Å². The Hall–Kier alpha value is -2.81. The van der Waals surface area contributed by atoms with Crippen molar-refractivity contribution in [2.45, 2.75) is 44.1 Å². The van der Waals surface area contributed by atoms with E-state index in [1.54, 1.807) is 12.1 Å². The Bertz CT molecular complexity index is 954. The molecule has 8 heteroatoms. The molecular weight excluding hydrogens is 397 g/mol. The van der Waals surface area contributed by atoms with Crippen molar-refractivity contribution in [3.05, 3.63) is 71.5 Å². The summed E-state index contributed by atoms with van der Waals surface area (Å²) in [4.78, 5) is 25.7. The average molecular weight is 423 g/mol. The highest BCUT2D eigenvalue weighted by atomic mass is 19.1. The van der Waals surface area contributed by atoms with Crippen LogP contribution < -0.4 is 21.6 Å². The SMILES string of the molecule is O=C(NCc1ccc(F)cc1)C1CCC2C(=O)NC3C(c4ccccc4)NNN3C2C1. The molecule has 0 aromatic heterocycles. The Kier molecular flexibility index (Phi) is 5.43. The van der Waals surface area contributed by atoms with E-state index in [-0.39, 0.29) is 47.7 Å². The smallest absolute Gasteiger partial charge is 0.226 e. The number of fused-ring (bicyclic) bond motifs is 3. The van der Waals surface area contributed by atoms with Gasteiger partial charge >= 0.3 is 0 Å². The van der Waals surface area contributed by atoms with Crippen LogP contribution in [-0.2, 0) is 16.1 Å². The monoisotopic (exact) mass is 423 g/mol. The number of hydrogen-bond acceptors (Lipinski definition) is 5. The lowest BCUT2D eigenvalue weighted by molar-refractivity contribution is -0.143. The molecule has 0 radical (unpaired) electrons. The average Bonchev–Trinajstić information content (AvgIpc) is 3.23. The van der Waals surface area contributed by atoms with Crippen molar-refractivity contribution in [2.24, 2.45) is 11.8 Å². The summed E-state index contributed by atoms with van der Waals surface area (Å²) < 4.78 is 13.1. The maximum Gasteiger partial charge on any atom is 0.226 e. The van der Waals surface area contributed by atoms with E-state index in [4.69, 9.17) is 0 Å². The predicted octanol–water partition coefficient (Wildman–Crippen LogP) is 1.75. The molecule has 1 aliphatic carbocycles. The van der Waals surface area contributed by atoms with Crippen LogP contribution in [0.25, 0.3) is 0 Å². The standard InChI is InChI=1S/C23H26FN5O2/c24-17-9-6-14(7-10-17)13-25-22(30)16-8-11-18-19(12-16)29-21(26-23(18)31)20(27-28-29)15-4-2-1-3-5-15/h1-7,9-10,16,18-21,27-28H,8,11-13H2,(H,25,30)(H,26,31). The summed E-state index contributed by atoms with van der Waals surface area (Å²) in [5.41, 5.74) is 8.49. The van der Waals surface area contributed by atoms with Crippen LogP contribution in [-0.4, -0.2) is 29.0 Å². The summed E-state index contributed by atoms with van der Waals surface area (Å²) in [5, 5.41) is 8.20. The van der Waals surface area contributed by atoms with E-state index in [9.17, 15) is 14.0 Å². The molecule has 7 nitrogen and oxygen atoms in total. The predicted molar refractivity (Wildman–Crippen MR) is 112 cm³/mol. The molecule has 3 fully saturated rings. The van der Waals surface area contributed by atoms with E-state index in [1.807, 2.05) is 30.3 Å². The van der Waals surface area contributed by atoms with Crippen molar-refractivity contribution in [1.29, 1.82) is 0 Å². The molecule has 1 saturated carbocycles. The molecule has 2 amide bonds. The molecule has 2 saturated heterocycles. The highest BCUT2D eigenvalue weighted by Gasteiger charge is 2.51. The van der Waals surface area contributed by atoms with Crippen molar-refractivity contribution in [2.75, 3.05) is 0 Å². The number of carbonyl (C=O) groups is 2. The van der Waals surface area contributed by atoms with E-state index >= 15 is 0 Å². The number of hydrazine groups is 2. The van der Waals surface area contributed by atoms with Gasteiger partial charge < -0.3 is 10.6 Å². The molecule has 0 spiro atoms. The first-order chi connectivity index (χ1) is 15.1. The van der Waals surface area contributed by atoms with Crippen molar-refractivity contribution in [1.82, 2.24) is 26.6 Å². The number of halogens is 1. The molecule has 31 heavy (non-hydrogen) atoms. The number of nitrogens with one attached hydrogen (secondary N) is 4. The zero-order valence-electron chi connectivity index (χ0n) is 17.1. The zero-order chi connectivity index (χ0) is 21.4. The zero-order valence-corrected chi connectivity index (χ0v) is 17.1. The Morgan fingerprint density at radius 2 is 1.87 bits per heavy atom. The fourth-order valence-corrected chi connectivity index (χ4v) is 5.01. The third kappa shape index (κ3) is 3.94. The normalized spacial score (nSPS) is 30.2. The topological polar surface area (TPSA) is 85.5 Å². The molecule has 4 N–H and O–H groups in total. The van der Waals surface area contributed by atoms with Gasteiger partial charge in [-0.05, 0) is 42.5 Å². The van der Waals surface area contributed by atoms with Gasteiger partial charge in [0.15, 0.2) is 0 Å². The third-order valence-corrected chi connectivity index (χ3v) is 6.67. The second-order valence-corrected chi connectivity index (χ2v) is 8.53. The Morgan fingerprint density at radius 3 is 2.65 bits per heavy atom. The lowest BCUT2D eigenvalue weighted by Gasteiger charge is -2.46.